The van der Waals surface area contributed by atoms with Crippen molar-refractivity contribution < 1.29 is 19.1 Å². The van der Waals surface area contributed by atoms with Gasteiger partial charge in [0.15, 0.2) is 0 Å². The van der Waals surface area contributed by atoms with Crippen molar-refractivity contribution in [2.75, 3.05) is 13.1 Å². The van der Waals surface area contributed by atoms with Gasteiger partial charge in [0, 0.05) is 50.7 Å². The van der Waals surface area contributed by atoms with E-state index in [1.165, 1.54) is 35.4 Å². The van der Waals surface area contributed by atoms with Crippen LogP contribution in [-0.4, -0.2) is 77.9 Å². The van der Waals surface area contributed by atoms with Gasteiger partial charge in [0.05, 0.1) is 12.4 Å². The molecule has 0 spiro atoms. The lowest BCUT2D eigenvalue weighted by atomic mass is 9.79. The summed E-state index contributed by atoms with van der Waals surface area (Å²) >= 11 is 0. The van der Waals surface area contributed by atoms with E-state index >= 15 is 0 Å². The number of aryl methyl sites for hydroxylation is 4. The second-order valence-electron chi connectivity index (χ2n) is 16.0. The summed E-state index contributed by atoms with van der Waals surface area (Å²) in [5.41, 5.74) is 4.58. The molecule has 2 aromatic rings. The highest BCUT2D eigenvalue weighted by atomic mass is 16.6. The molecule has 0 N–H and O–H groups in total. The van der Waals surface area contributed by atoms with Crippen molar-refractivity contribution in [3.8, 4) is 0 Å². The van der Waals surface area contributed by atoms with Crippen LogP contribution in [-0.2, 0) is 49.3 Å². The predicted octanol–water partition coefficient (Wildman–Crippen LogP) is 6.63. The fourth-order valence-corrected chi connectivity index (χ4v) is 7.99. The fourth-order valence-electron chi connectivity index (χ4n) is 7.99. The lowest BCUT2D eigenvalue weighted by Gasteiger charge is -2.42. The molecule has 10 nitrogen and oxygen atoms in total. The molecule has 256 valence electrons. The number of hydrogen-bond donors (Lipinski definition) is 0. The Kier molecular flexibility index (Phi) is 10.4. The minimum Gasteiger partial charge on any atom is -0.444 e. The smallest absolute Gasteiger partial charge is 0.410 e. The summed E-state index contributed by atoms with van der Waals surface area (Å²) in [6, 6.07) is 0.614. The fraction of sp³-hybridized carbons (Fsp3) is 0.778. The van der Waals surface area contributed by atoms with E-state index in [-0.39, 0.29) is 12.2 Å². The summed E-state index contributed by atoms with van der Waals surface area (Å²) in [6.07, 6.45) is 17.0. The van der Waals surface area contributed by atoms with Crippen molar-refractivity contribution in [1.29, 1.82) is 0 Å². The Morgan fingerprint density at radius 2 is 1.04 bits per heavy atom. The maximum absolute atomic E-state index is 12.6. The molecule has 0 unspecified atom stereocenters. The summed E-state index contributed by atoms with van der Waals surface area (Å²) < 4.78 is 15.3. The van der Waals surface area contributed by atoms with Crippen molar-refractivity contribution in [3.05, 3.63) is 34.9 Å². The molecular weight excluding hydrogens is 580 g/mol. The number of carbonyl (C=O) groups excluding carboxylic acids is 2. The van der Waals surface area contributed by atoms with Crippen LogP contribution in [0.4, 0.5) is 9.59 Å². The van der Waals surface area contributed by atoms with Crippen LogP contribution >= 0.6 is 0 Å². The first-order chi connectivity index (χ1) is 21.7. The Morgan fingerprint density at radius 1 is 0.652 bits per heavy atom. The second kappa shape index (κ2) is 14.0. The number of piperidine rings is 2. The number of amides is 2. The third-order valence-corrected chi connectivity index (χ3v) is 10.2. The maximum Gasteiger partial charge on any atom is 0.410 e. The molecule has 2 aromatic heterocycles. The third-order valence-electron chi connectivity index (χ3n) is 10.2. The number of nitrogens with zero attached hydrogens (tertiary/aromatic N) is 6. The molecule has 0 radical (unpaired) electrons. The molecule has 0 aromatic carbocycles. The first-order valence-electron chi connectivity index (χ1n) is 17.7. The van der Waals surface area contributed by atoms with Gasteiger partial charge in [0.1, 0.15) is 11.2 Å². The molecule has 2 saturated heterocycles. The summed E-state index contributed by atoms with van der Waals surface area (Å²) in [4.78, 5) is 29.2. The first kappa shape index (κ1) is 34.3. The van der Waals surface area contributed by atoms with Crippen LogP contribution in [0.3, 0.4) is 0 Å². The Morgan fingerprint density at radius 3 is 1.41 bits per heavy atom. The molecule has 2 aliphatic carbocycles. The van der Waals surface area contributed by atoms with Crippen LogP contribution in [0.5, 0.6) is 0 Å². The molecule has 6 rings (SSSR count). The average Bonchev–Trinajstić information content (AvgIpc) is 3.57. The Bertz CT molecular complexity index is 1250. The molecule has 2 aliphatic heterocycles. The third kappa shape index (κ3) is 8.26. The lowest BCUT2D eigenvalue weighted by molar-refractivity contribution is -0.000736. The molecule has 4 atom stereocenters. The number of hydrogen-bond acceptors (Lipinski definition) is 6. The lowest BCUT2D eigenvalue weighted by Crippen LogP contribution is -2.50. The molecule has 46 heavy (non-hydrogen) atoms. The zero-order valence-corrected chi connectivity index (χ0v) is 29.7. The van der Waals surface area contributed by atoms with Gasteiger partial charge in [-0.15, -0.1) is 0 Å². The largest absolute Gasteiger partial charge is 0.444 e. The van der Waals surface area contributed by atoms with E-state index in [0.29, 0.717) is 23.9 Å². The van der Waals surface area contributed by atoms with Gasteiger partial charge in [0.25, 0.3) is 0 Å². The summed E-state index contributed by atoms with van der Waals surface area (Å²) in [6.45, 7) is 13.3. The van der Waals surface area contributed by atoms with Crippen LogP contribution in [0.1, 0.15) is 115 Å². The van der Waals surface area contributed by atoms with Gasteiger partial charge in [0.2, 0.25) is 0 Å². The molecule has 0 saturated carbocycles. The molecular formula is C36H58N6O4. The van der Waals surface area contributed by atoms with E-state index in [1.807, 2.05) is 87.2 Å². The van der Waals surface area contributed by atoms with Crippen molar-refractivity contribution in [2.24, 2.45) is 25.9 Å². The van der Waals surface area contributed by atoms with Gasteiger partial charge >= 0.3 is 12.2 Å². The topological polar surface area (TPSA) is 94.7 Å². The summed E-state index contributed by atoms with van der Waals surface area (Å²) in [5, 5.41) is 8.78. The number of carbonyl (C=O) groups is 2. The van der Waals surface area contributed by atoms with Crippen LogP contribution in [0.15, 0.2) is 12.4 Å². The first-order valence-corrected chi connectivity index (χ1v) is 17.7. The highest BCUT2D eigenvalue weighted by Crippen LogP contribution is 2.35. The Labute approximate surface area is 276 Å². The van der Waals surface area contributed by atoms with Crippen LogP contribution in [0.25, 0.3) is 0 Å². The molecule has 2 fully saturated rings. The number of fused-ring (bicyclic) bond motifs is 2. The monoisotopic (exact) mass is 638 g/mol. The number of ether oxygens (including phenoxy) is 2. The summed E-state index contributed by atoms with van der Waals surface area (Å²) in [5.74, 6) is 1.04. The van der Waals surface area contributed by atoms with Crippen LogP contribution < -0.4 is 0 Å². The minimum atomic E-state index is -0.430. The van der Waals surface area contributed by atoms with E-state index in [9.17, 15) is 9.59 Å². The predicted molar refractivity (Wildman–Crippen MR) is 179 cm³/mol. The SMILES string of the molecule is Cn1ncc2c1C[C@@H]([C@@H]1CCCCN1C(=O)OC(C)(C)C)CC2.Cn1ncc2c1C[C@H]([C@H]1CCCCN1C(=O)OC(C)(C)C)CC2. The minimum absolute atomic E-state index is 0.141. The van der Waals surface area contributed by atoms with Crippen molar-refractivity contribution in [1.82, 2.24) is 29.4 Å². The number of likely N-dealkylation sites (tertiary alicyclic amines) is 2. The van der Waals surface area contributed by atoms with Gasteiger partial charge in [-0.25, -0.2) is 9.59 Å². The van der Waals surface area contributed by atoms with Gasteiger partial charge < -0.3 is 19.3 Å². The van der Waals surface area contributed by atoms with Crippen molar-refractivity contribution in [2.45, 2.75) is 142 Å². The molecule has 4 aliphatic rings. The molecule has 4 heterocycles. The molecule has 0 bridgehead atoms. The van der Waals surface area contributed by atoms with E-state index < -0.39 is 11.2 Å². The van der Waals surface area contributed by atoms with E-state index in [1.54, 1.807) is 0 Å². The number of aromatic nitrogens is 4. The maximum atomic E-state index is 12.6. The van der Waals surface area contributed by atoms with Gasteiger partial charge in [-0.3, -0.25) is 9.36 Å². The van der Waals surface area contributed by atoms with Crippen molar-refractivity contribution >= 4 is 12.2 Å². The highest BCUT2D eigenvalue weighted by molar-refractivity contribution is 5.69. The van der Waals surface area contributed by atoms with E-state index in [0.717, 1.165) is 77.3 Å². The quantitative estimate of drug-likeness (QED) is 0.367. The van der Waals surface area contributed by atoms with Gasteiger partial charge in [-0.1, -0.05) is 0 Å². The second-order valence-corrected chi connectivity index (χ2v) is 16.0. The van der Waals surface area contributed by atoms with Crippen LogP contribution in [0, 0.1) is 11.8 Å². The Balaban J connectivity index is 0.000000181. The zero-order valence-electron chi connectivity index (χ0n) is 29.7. The average molecular weight is 639 g/mol. The van der Waals surface area contributed by atoms with E-state index in [2.05, 4.69) is 10.2 Å². The van der Waals surface area contributed by atoms with Gasteiger partial charge in [-0.05, 0) is 142 Å². The highest BCUT2D eigenvalue weighted by Gasteiger charge is 2.39. The Hall–Kier alpha value is -3.04. The molecule has 10 heteroatoms. The normalized spacial score (nSPS) is 25.1. The number of rotatable bonds is 2. The standard InChI is InChI=1S/2C18H29N3O2/c2*1-18(2,3)23-17(22)21-10-6-5-7-15(21)13-8-9-14-12-19-20(4)16(14)11-13/h2*12-13,15H,5-11H2,1-4H3/t2*13-,15-/m10/s1. The van der Waals surface area contributed by atoms with E-state index in [4.69, 9.17) is 9.47 Å². The summed E-state index contributed by atoms with van der Waals surface area (Å²) in [7, 11) is 4.04. The zero-order chi connectivity index (χ0) is 33.2. The van der Waals surface area contributed by atoms with Gasteiger partial charge in [-0.2, -0.15) is 10.2 Å². The van der Waals surface area contributed by atoms with Crippen LogP contribution in [0.2, 0.25) is 0 Å². The van der Waals surface area contributed by atoms with Crippen molar-refractivity contribution in [3.63, 3.8) is 0 Å². The molecule has 2 amide bonds.